The smallest absolute Gasteiger partial charge is 0.433 e. The number of halogens is 4. The largest absolute Gasteiger partial charge is 0.745 e. The fraction of sp³-hybridized carbons (Fsp3) is 1.00. The van der Waals surface area contributed by atoms with E-state index >= 15 is 0 Å². The number of alkyl halides is 4. The summed E-state index contributed by atoms with van der Waals surface area (Å²) in [6.07, 6.45) is -5.62. The molecule has 0 spiro atoms. The molecule has 62 valence electrons. The summed E-state index contributed by atoms with van der Waals surface area (Å²) >= 11 is 0. The first-order chi connectivity index (χ1) is 4.15. The molecule has 0 radical (unpaired) electrons. The maximum Gasteiger partial charge on any atom is 0.433 e. The maximum absolute atomic E-state index is 11.4. The Bertz CT molecular complexity index is 203. The first kappa shape index (κ1) is 9.63. The average molecular weight is 181 g/mol. The second kappa shape index (κ2) is 2.35. The van der Waals surface area contributed by atoms with Crippen LogP contribution in [-0.4, -0.2) is 24.7 Å². The fourth-order valence-corrected chi connectivity index (χ4v) is 0.491. The summed E-state index contributed by atoms with van der Waals surface area (Å²) in [5.74, 6) is 0. The van der Waals surface area contributed by atoms with Gasteiger partial charge in [0.25, 0.3) is 5.50 Å². The number of hydrogen-bond acceptors (Lipinski definition) is 3. The van der Waals surface area contributed by atoms with Gasteiger partial charge in [-0.05, 0) is 0 Å². The molecule has 8 heteroatoms. The minimum atomic E-state index is -5.90. The second-order valence-corrected chi connectivity index (χ2v) is 2.75. The van der Waals surface area contributed by atoms with E-state index in [0.29, 0.717) is 0 Å². The maximum atomic E-state index is 11.4. The summed E-state index contributed by atoms with van der Waals surface area (Å²) in [6, 6.07) is 0. The topological polar surface area (TPSA) is 57.2 Å². The van der Waals surface area contributed by atoms with E-state index in [0.717, 1.165) is 0 Å². The number of rotatable bonds is 1. The lowest BCUT2D eigenvalue weighted by molar-refractivity contribution is -0.157. The van der Waals surface area contributed by atoms with Crippen LogP contribution >= 0.6 is 0 Å². The molecule has 3 nitrogen and oxygen atoms in total. The predicted molar refractivity (Wildman–Crippen MR) is 20.6 cm³/mol. The third-order valence-electron chi connectivity index (χ3n) is 0.511. The van der Waals surface area contributed by atoms with Crippen LogP contribution in [0.5, 0.6) is 0 Å². The van der Waals surface area contributed by atoms with E-state index in [1.54, 1.807) is 0 Å². The first-order valence-corrected chi connectivity index (χ1v) is 3.28. The highest BCUT2D eigenvalue weighted by Crippen LogP contribution is 2.25. The van der Waals surface area contributed by atoms with E-state index in [1.165, 1.54) is 0 Å². The molecule has 0 bridgehead atoms. The Morgan fingerprint density at radius 1 is 1.30 bits per heavy atom. The van der Waals surface area contributed by atoms with Crippen LogP contribution in [0.25, 0.3) is 0 Å². The second-order valence-electron chi connectivity index (χ2n) is 1.35. The standard InChI is InChI=1S/C2H2F4O3S/c3-1(2(4,5)6)10(7,8)9/h1H,(H,7,8,9)/p-1. The van der Waals surface area contributed by atoms with Gasteiger partial charge in [-0.15, -0.1) is 0 Å². The zero-order valence-corrected chi connectivity index (χ0v) is 5.04. The minimum absolute atomic E-state index is 4.32. The Kier molecular flexibility index (Phi) is 2.26. The molecule has 0 rings (SSSR count). The molecular weight excluding hydrogens is 180 g/mol. The monoisotopic (exact) mass is 181 g/mol. The van der Waals surface area contributed by atoms with E-state index in [4.69, 9.17) is 0 Å². The van der Waals surface area contributed by atoms with E-state index < -0.39 is 21.8 Å². The molecule has 10 heavy (non-hydrogen) atoms. The van der Waals surface area contributed by atoms with Crippen molar-refractivity contribution in [3.8, 4) is 0 Å². The van der Waals surface area contributed by atoms with Gasteiger partial charge in [-0.1, -0.05) is 0 Å². The molecule has 0 saturated carbocycles. The Balaban J connectivity index is 4.56. The van der Waals surface area contributed by atoms with E-state index in [9.17, 15) is 30.5 Å². The molecule has 0 aromatic heterocycles. The van der Waals surface area contributed by atoms with Crippen molar-refractivity contribution in [1.82, 2.24) is 0 Å². The SMILES string of the molecule is O=S(=O)([O-])C(F)C(F)(F)F. The molecular formula is C2HF4O3S-. The quantitative estimate of drug-likeness (QED) is 0.434. The summed E-state index contributed by atoms with van der Waals surface area (Å²) in [5.41, 5.74) is -4.32. The van der Waals surface area contributed by atoms with Gasteiger partial charge in [0, 0.05) is 0 Å². The highest BCUT2D eigenvalue weighted by Gasteiger charge is 2.45. The van der Waals surface area contributed by atoms with Crippen LogP contribution in [0, 0.1) is 0 Å². The molecule has 1 atom stereocenters. The van der Waals surface area contributed by atoms with Crippen LogP contribution in [-0.2, 0) is 10.1 Å². The van der Waals surface area contributed by atoms with Gasteiger partial charge in [0.1, 0.15) is 10.1 Å². The summed E-state index contributed by atoms with van der Waals surface area (Å²) in [6.45, 7) is 0. The van der Waals surface area contributed by atoms with Gasteiger partial charge in [0.15, 0.2) is 0 Å². The van der Waals surface area contributed by atoms with Gasteiger partial charge in [0.05, 0.1) is 0 Å². The predicted octanol–water partition coefficient (Wildman–Crippen LogP) is 0.390. The van der Waals surface area contributed by atoms with Gasteiger partial charge >= 0.3 is 6.18 Å². The highest BCUT2D eigenvalue weighted by molar-refractivity contribution is 7.86. The van der Waals surface area contributed by atoms with Gasteiger partial charge < -0.3 is 4.55 Å². The lowest BCUT2D eigenvalue weighted by Crippen LogP contribution is -2.32. The lowest BCUT2D eigenvalue weighted by Gasteiger charge is -2.14. The summed E-state index contributed by atoms with van der Waals surface area (Å²) in [5, 5.41) is 0. The molecule has 0 aromatic carbocycles. The van der Waals surface area contributed by atoms with Crippen molar-refractivity contribution in [2.24, 2.45) is 0 Å². The van der Waals surface area contributed by atoms with E-state index in [-0.39, 0.29) is 0 Å². The Morgan fingerprint density at radius 2 is 1.60 bits per heavy atom. The van der Waals surface area contributed by atoms with Gasteiger partial charge in [-0.3, -0.25) is 0 Å². The molecule has 0 aliphatic heterocycles. The third kappa shape index (κ3) is 2.48. The van der Waals surface area contributed by atoms with Gasteiger partial charge in [-0.2, -0.15) is 13.2 Å². The van der Waals surface area contributed by atoms with Crippen LogP contribution in [0.4, 0.5) is 17.6 Å². The summed E-state index contributed by atoms with van der Waals surface area (Å²) in [4.78, 5) is 0. The summed E-state index contributed by atoms with van der Waals surface area (Å²) in [7, 11) is -5.90. The zero-order valence-electron chi connectivity index (χ0n) is 4.22. The molecule has 0 aromatic rings. The summed E-state index contributed by atoms with van der Waals surface area (Å²) < 4.78 is 72.3. The van der Waals surface area contributed by atoms with Crippen LogP contribution < -0.4 is 0 Å². The van der Waals surface area contributed by atoms with E-state index in [2.05, 4.69) is 0 Å². The van der Waals surface area contributed by atoms with Gasteiger partial charge in [-0.25, -0.2) is 12.8 Å². The van der Waals surface area contributed by atoms with Crippen molar-refractivity contribution in [2.75, 3.05) is 0 Å². The van der Waals surface area contributed by atoms with Crippen LogP contribution in [0.15, 0.2) is 0 Å². The number of hydrogen-bond donors (Lipinski definition) is 0. The van der Waals surface area contributed by atoms with Crippen molar-refractivity contribution in [3.05, 3.63) is 0 Å². The molecule has 0 heterocycles. The van der Waals surface area contributed by atoms with Crippen molar-refractivity contribution in [2.45, 2.75) is 11.7 Å². The van der Waals surface area contributed by atoms with Gasteiger partial charge in [0.2, 0.25) is 0 Å². The lowest BCUT2D eigenvalue weighted by atomic mass is 10.7. The van der Waals surface area contributed by atoms with Crippen molar-refractivity contribution in [3.63, 3.8) is 0 Å². The molecule has 0 aliphatic rings. The molecule has 0 fully saturated rings. The first-order valence-electron chi connectivity index (χ1n) is 1.81. The highest BCUT2D eigenvalue weighted by atomic mass is 32.2. The van der Waals surface area contributed by atoms with Crippen LogP contribution in [0.2, 0.25) is 0 Å². The average Bonchev–Trinajstić information content (AvgIpc) is 1.59. The Morgan fingerprint density at radius 3 is 1.60 bits per heavy atom. The molecule has 0 saturated heterocycles. The molecule has 0 aliphatic carbocycles. The zero-order chi connectivity index (χ0) is 8.58. The normalized spacial score (nSPS) is 16.9. The van der Waals surface area contributed by atoms with Crippen molar-refractivity contribution < 1.29 is 30.5 Å². The molecule has 1 unspecified atom stereocenters. The fourth-order valence-electron chi connectivity index (χ4n) is 0.164. The Labute approximate surface area is 53.4 Å². The van der Waals surface area contributed by atoms with Crippen molar-refractivity contribution >= 4 is 10.1 Å². The van der Waals surface area contributed by atoms with Crippen molar-refractivity contribution in [1.29, 1.82) is 0 Å². The van der Waals surface area contributed by atoms with Crippen LogP contribution in [0.1, 0.15) is 0 Å². The molecule has 0 amide bonds. The Hall–Kier alpha value is -0.370. The van der Waals surface area contributed by atoms with Crippen LogP contribution in [0.3, 0.4) is 0 Å². The molecule has 0 N–H and O–H groups in total. The van der Waals surface area contributed by atoms with E-state index in [1.807, 2.05) is 0 Å². The third-order valence-corrected chi connectivity index (χ3v) is 1.28. The minimum Gasteiger partial charge on any atom is -0.745 e.